The van der Waals surface area contributed by atoms with Gasteiger partial charge in [0.1, 0.15) is 23.6 Å². The minimum Gasteiger partial charge on any atom is -0.437 e. The van der Waals surface area contributed by atoms with Crippen LogP contribution in [0.25, 0.3) is 0 Å². The predicted molar refractivity (Wildman–Crippen MR) is 90.0 cm³/mol. The van der Waals surface area contributed by atoms with Gasteiger partial charge in [-0.1, -0.05) is 12.1 Å². The van der Waals surface area contributed by atoms with Crippen LogP contribution in [0.3, 0.4) is 0 Å². The van der Waals surface area contributed by atoms with E-state index in [9.17, 15) is 0 Å². The van der Waals surface area contributed by atoms with Gasteiger partial charge in [0.15, 0.2) is 5.82 Å². The molecule has 3 rings (SSSR count). The van der Waals surface area contributed by atoms with Crippen molar-refractivity contribution in [2.45, 2.75) is 13.8 Å². The van der Waals surface area contributed by atoms with Gasteiger partial charge in [0.25, 0.3) is 0 Å². The Morgan fingerprint density at radius 1 is 1.00 bits per heavy atom. The van der Waals surface area contributed by atoms with Crippen LogP contribution < -0.4 is 15.8 Å². The summed E-state index contributed by atoms with van der Waals surface area (Å²) < 4.78 is 5.79. The fourth-order valence-electron chi connectivity index (χ4n) is 2.01. The largest absolute Gasteiger partial charge is 0.437 e. The van der Waals surface area contributed by atoms with Gasteiger partial charge in [-0.15, -0.1) is 0 Å². The molecule has 2 heterocycles. The fourth-order valence-corrected chi connectivity index (χ4v) is 2.01. The third-order valence-electron chi connectivity index (χ3n) is 3.45. The summed E-state index contributed by atoms with van der Waals surface area (Å²) in [6.45, 7) is 4.08. The normalized spacial score (nSPS) is 10.3. The van der Waals surface area contributed by atoms with Gasteiger partial charge in [0, 0.05) is 6.20 Å². The minimum absolute atomic E-state index is 0.307. The van der Waals surface area contributed by atoms with Crippen LogP contribution >= 0.6 is 0 Å². The van der Waals surface area contributed by atoms with E-state index in [1.807, 2.05) is 50.2 Å². The first kappa shape index (κ1) is 14.8. The number of benzene rings is 1. The van der Waals surface area contributed by atoms with Crippen molar-refractivity contribution in [3.05, 3.63) is 60.0 Å². The number of aryl methyl sites for hydroxylation is 2. The molecule has 3 N–H and O–H groups in total. The van der Waals surface area contributed by atoms with Crippen molar-refractivity contribution in [1.82, 2.24) is 15.0 Å². The van der Waals surface area contributed by atoms with E-state index >= 15 is 0 Å². The van der Waals surface area contributed by atoms with Crippen LogP contribution in [0.5, 0.6) is 11.6 Å². The number of rotatable bonds is 4. The third kappa shape index (κ3) is 3.37. The maximum Gasteiger partial charge on any atom is 0.248 e. The number of anilines is 3. The standard InChI is InChI=1S/C17H17N5O/c1-11-6-7-13(9-12(11)2)23-17-15(18)16(20-10-21-17)22-14-5-3-4-8-19-14/h3-10H,18H2,1-2H3,(H,19,20,21,22). The average Bonchev–Trinajstić information content (AvgIpc) is 2.56. The quantitative estimate of drug-likeness (QED) is 0.766. The Labute approximate surface area is 134 Å². The smallest absolute Gasteiger partial charge is 0.248 e. The summed E-state index contributed by atoms with van der Waals surface area (Å²) in [6.07, 6.45) is 3.09. The molecule has 3 aromatic rings. The summed E-state index contributed by atoms with van der Waals surface area (Å²) in [5.41, 5.74) is 8.78. The Balaban J connectivity index is 1.86. The highest BCUT2D eigenvalue weighted by Crippen LogP contribution is 2.31. The second-order valence-electron chi connectivity index (χ2n) is 5.13. The molecule has 0 aliphatic rings. The summed E-state index contributed by atoms with van der Waals surface area (Å²) in [5.74, 6) is 2.09. The highest BCUT2D eigenvalue weighted by atomic mass is 16.5. The number of nitrogen functional groups attached to an aromatic ring is 1. The molecule has 2 aromatic heterocycles. The first-order chi connectivity index (χ1) is 11.1. The van der Waals surface area contributed by atoms with Crippen LogP contribution in [0.4, 0.5) is 17.3 Å². The lowest BCUT2D eigenvalue weighted by atomic mass is 10.1. The van der Waals surface area contributed by atoms with Crippen LogP contribution in [0, 0.1) is 13.8 Å². The number of pyridine rings is 1. The van der Waals surface area contributed by atoms with Crippen molar-refractivity contribution >= 4 is 17.3 Å². The summed E-state index contributed by atoms with van der Waals surface area (Å²) in [4.78, 5) is 12.4. The van der Waals surface area contributed by atoms with Crippen molar-refractivity contribution < 1.29 is 4.74 Å². The molecule has 0 aliphatic heterocycles. The Morgan fingerprint density at radius 3 is 2.61 bits per heavy atom. The van der Waals surface area contributed by atoms with Crippen molar-refractivity contribution in [3.8, 4) is 11.6 Å². The van der Waals surface area contributed by atoms with Gasteiger partial charge in [-0.2, -0.15) is 4.98 Å². The van der Waals surface area contributed by atoms with Crippen LogP contribution in [0.1, 0.15) is 11.1 Å². The Bertz CT molecular complexity index is 820. The van der Waals surface area contributed by atoms with Crippen LogP contribution in [0.2, 0.25) is 0 Å². The second kappa shape index (κ2) is 6.31. The van der Waals surface area contributed by atoms with Gasteiger partial charge in [-0.05, 0) is 49.2 Å². The van der Waals surface area contributed by atoms with E-state index in [4.69, 9.17) is 10.5 Å². The molecule has 0 bridgehead atoms. The van der Waals surface area contributed by atoms with Gasteiger partial charge in [0.2, 0.25) is 5.88 Å². The van der Waals surface area contributed by atoms with Crippen molar-refractivity contribution in [2.24, 2.45) is 0 Å². The number of aromatic nitrogens is 3. The summed E-state index contributed by atoms with van der Waals surface area (Å²) in [5, 5.41) is 3.05. The van der Waals surface area contributed by atoms with Gasteiger partial charge in [0.05, 0.1) is 0 Å². The Hall–Kier alpha value is -3.15. The zero-order valence-electron chi connectivity index (χ0n) is 12.9. The number of nitrogens with two attached hydrogens (primary N) is 1. The molecule has 0 unspecified atom stereocenters. The number of hydrogen-bond donors (Lipinski definition) is 2. The van der Waals surface area contributed by atoms with Crippen LogP contribution in [-0.2, 0) is 0 Å². The molecule has 116 valence electrons. The minimum atomic E-state index is 0.307. The molecule has 23 heavy (non-hydrogen) atoms. The molecule has 0 fully saturated rings. The van der Waals surface area contributed by atoms with Gasteiger partial charge in [-0.25, -0.2) is 9.97 Å². The number of ether oxygens (including phenoxy) is 1. The molecule has 0 radical (unpaired) electrons. The average molecular weight is 307 g/mol. The SMILES string of the molecule is Cc1ccc(Oc2ncnc(Nc3ccccn3)c2N)cc1C. The highest BCUT2D eigenvalue weighted by Gasteiger charge is 2.11. The topological polar surface area (TPSA) is 86.0 Å². The van der Waals surface area contributed by atoms with E-state index in [0.29, 0.717) is 29.0 Å². The first-order valence-corrected chi connectivity index (χ1v) is 7.17. The second-order valence-corrected chi connectivity index (χ2v) is 5.13. The summed E-state index contributed by atoms with van der Waals surface area (Å²) >= 11 is 0. The fraction of sp³-hybridized carbons (Fsp3) is 0.118. The molecule has 0 spiro atoms. The molecule has 0 saturated carbocycles. The predicted octanol–water partition coefficient (Wildman–Crippen LogP) is 3.61. The van der Waals surface area contributed by atoms with E-state index in [0.717, 1.165) is 5.56 Å². The van der Waals surface area contributed by atoms with E-state index in [1.54, 1.807) is 6.20 Å². The Kier molecular flexibility index (Phi) is 4.05. The van der Waals surface area contributed by atoms with Crippen LogP contribution in [-0.4, -0.2) is 15.0 Å². The number of nitrogens with zero attached hydrogens (tertiary/aromatic N) is 3. The van der Waals surface area contributed by atoms with Crippen molar-refractivity contribution in [1.29, 1.82) is 0 Å². The zero-order chi connectivity index (χ0) is 16.2. The van der Waals surface area contributed by atoms with Crippen molar-refractivity contribution in [2.75, 3.05) is 11.1 Å². The first-order valence-electron chi connectivity index (χ1n) is 7.17. The highest BCUT2D eigenvalue weighted by molar-refractivity contribution is 5.71. The van der Waals surface area contributed by atoms with E-state index in [2.05, 4.69) is 20.3 Å². The molecule has 0 saturated heterocycles. The van der Waals surface area contributed by atoms with Gasteiger partial charge in [-0.3, -0.25) is 0 Å². The molecule has 1 aromatic carbocycles. The molecule has 6 nitrogen and oxygen atoms in total. The zero-order valence-corrected chi connectivity index (χ0v) is 12.9. The molecular weight excluding hydrogens is 290 g/mol. The molecular formula is C17H17N5O. The monoisotopic (exact) mass is 307 g/mol. The lowest BCUT2D eigenvalue weighted by Gasteiger charge is -2.12. The van der Waals surface area contributed by atoms with E-state index in [-0.39, 0.29) is 0 Å². The third-order valence-corrected chi connectivity index (χ3v) is 3.45. The molecule has 0 atom stereocenters. The van der Waals surface area contributed by atoms with Gasteiger partial charge < -0.3 is 15.8 Å². The Morgan fingerprint density at radius 2 is 1.87 bits per heavy atom. The molecule has 0 aliphatic carbocycles. The lowest BCUT2D eigenvalue weighted by molar-refractivity contribution is 0.464. The molecule has 0 amide bonds. The maximum absolute atomic E-state index is 6.11. The van der Waals surface area contributed by atoms with Crippen LogP contribution in [0.15, 0.2) is 48.9 Å². The van der Waals surface area contributed by atoms with E-state index in [1.165, 1.54) is 11.9 Å². The molecule has 6 heteroatoms. The van der Waals surface area contributed by atoms with Gasteiger partial charge >= 0.3 is 0 Å². The number of nitrogens with one attached hydrogen (secondary N) is 1. The van der Waals surface area contributed by atoms with E-state index < -0.39 is 0 Å². The summed E-state index contributed by atoms with van der Waals surface area (Å²) in [6, 6.07) is 11.4. The summed E-state index contributed by atoms with van der Waals surface area (Å²) in [7, 11) is 0. The number of hydrogen-bond acceptors (Lipinski definition) is 6. The maximum atomic E-state index is 6.11. The lowest BCUT2D eigenvalue weighted by Crippen LogP contribution is -2.03. The van der Waals surface area contributed by atoms with Crippen molar-refractivity contribution in [3.63, 3.8) is 0 Å².